The van der Waals surface area contributed by atoms with Gasteiger partial charge in [0.1, 0.15) is 0 Å². The van der Waals surface area contributed by atoms with Gasteiger partial charge in [-0.1, -0.05) is 83.2 Å². The van der Waals surface area contributed by atoms with Crippen LogP contribution in [0.25, 0.3) is 10.4 Å². The van der Waals surface area contributed by atoms with Crippen LogP contribution in [0.3, 0.4) is 0 Å². The number of nitrogens with one attached hydrogen (secondary N) is 1. The van der Waals surface area contributed by atoms with Gasteiger partial charge in [0.15, 0.2) is 0 Å². The number of methoxy groups -OCH3 is 1. The quantitative estimate of drug-likeness (QED) is 0.415. The maximum atomic E-state index is 11.8. The predicted octanol–water partition coefficient (Wildman–Crippen LogP) is 6.89. The van der Waals surface area contributed by atoms with E-state index in [0.717, 1.165) is 35.7 Å². The molecule has 2 aromatic rings. The van der Waals surface area contributed by atoms with Gasteiger partial charge in [0, 0.05) is 35.9 Å². The van der Waals surface area contributed by atoms with E-state index in [2.05, 4.69) is 42.1 Å². The molecule has 3 amide bonds. The first-order valence-electron chi connectivity index (χ1n) is 13.8. The summed E-state index contributed by atoms with van der Waals surface area (Å²) < 4.78 is 3.86. The van der Waals surface area contributed by atoms with Gasteiger partial charge >= 0.3 is 6.03 Å². The Morgan fingerprint density at radius 1 is 1.05 bits per heavy atom. The number of nitrogens with zero attached hydrogens (tertiary/aromatic N) is 2. The summed E-state index contributed by atoms with van der Waals surface area (Å²) in [6, 6.07) is 12.4. The number of urea groups is 1. The van der Waals surface area contributed by atoms with Crippen molar-refractivity contribution in [3.63, 3.8) is 0 Å². The monoisotopic (exact) mass is 545 g/mol. The lowest BCUT2D eigenvalue weighted by atomic mass is 9.91. The topological polar surface area (TPSA) is 79.0 Å². The summed E-state index contributed by atoms with van der Waals surface area (Å²) in [5.74, 6) is 1.04. The van der Waals surface area contributed by atoms with Crippen LogP contribution in [0.15, 0.2) is 36.4 Å². The Balaban J connectivity index is 0.000000460. The molecule has 1 aliphatic heterocycles. The van der Waals surface area contributed by atoms with Gasteiger partial charge < -0.3 is 19.9 Å². The van der Waals surface area contributed by atoms with E-state index in [4.69, 9.17) is 4.79 Å². The molecule has 0 radical (unpaired) electrons. The van der Waals surface area contributed by atoms with Crippen molar-refractivity contribution in [2.45, 2.75) is 78.7 Å². The fourth-order valence-electron chi connectivity index (χ4n) is 4.62. The van der Waals surface area contributed by atoms with E-state index >= 15 is 0 Å². The number of thiophene rings is 1. The van der Waals surface area contributed by atoms with Crippen LogP contribution in [0.4, 0.5) is 10.5 Å². The molecule has 4 rings (SSSR count). The minimum atomic E-state index is -0.0471. The van der Waals surface area contributed by atoms with Gasteiger partial charge in [0.25, 0.3) is 6.47 Å². The Hall–Kier alpha value is -2.87. The van der Waals surface area contributed by atoms with Crippen LogP contribution < -0.4 is 10.2 Å². The Morgan fingerprint density at radius 2 is 1.63 bits per heavy atom. The average molecular weight is 546 g/mol. The molecule has 1 aliphatic carbocycles. The van der Waals surface area contributed by atoms with Crippen molar-refractivity contribution in [1.82, 2.24) is 10.2 Å². The van der Waals surface area contributed by atoms with Gasteiger partial charge in [0.05, 0.1) is 12.8 Å². The summed E-state index contributed by atoms with van der Waals surface area (Å²) >= 11 is 1.71. The van der Waals surface area contributed by atoms with Gasteiger partial charge in [-0.2, -0.15) is 0 Å². The maximum Gasteiger partial charge on any atom is 0.317 e. The number of rotatable bonds is 5. The Labute approximate surface area is 233 Å². The van der Waals surface area contributed by atoms with Gasteiger partial charge in [-0.25, -0.2) is 4.79 Å². The molecule has 0 bridgehead atoms. The normalized spacial score (nSPS) is 15.3. The molecule has 0 unspecified atom stereocenters. The molecular formula is C30H47N3O4S. The van der Waals surface area contributed by atoms with Gasteiger partial charge in [-0.15, -0.1) is 11.3 Å². The smallest absolute Gasteiger partial charge is 0.317 e. The van der Waals surface area contributed by atoms with Crippen molar-refractivity contribution in [3.05, 3.63) is 41.3 Å². The second kappa shape index (κ2) is 19.2. The van der Waals surface area contributed by atoms with Crippen molar-refractivity contribution in [2.75, 3.05) is 32.1 Å². The minimum Gasteiger partial charge on any atom is -0.471 e. The van der Waals surface area contributed by atoms with E-state index in [9.17, 15) is 9.59 Å². The third-order valence-electron chi connectivity index (χ3n) is 6.69. The van der Waals surface area contributed by atoms with E-state index in [1.807, 2.05) is 36.9 Å². The first-order valence-corrected chi connectivity index (χ1v) is 14.6. The molecule has 2 heterocycles. The van der Waals surface area contributed by atoms with E-state index < -0.39 is 0 Å². The molecule has 0 spiro atoms. The van der Waals surface area contributed by atoms with Crippen molar-refractivity contribution in [1.29, 1.82) is 0 Å². The summed E-state index contributed by atoms with van der Waals surface area (Å²) in [7, 11) is 2.96. The van der Waals surface area contributed by atoms with Crippen molar-refractivity contribution in [3.8, 4) is 10.4 Å². The van der Waals surface area contributed by atoms with Crippen LogP contribution in [0.1, 0.15) is 70.6 Å². The van der Waals surface area contributed by atoms with Gasteiger partial charge in [0.2, 0.25) is 6.41 Å². The first kappa shape index (κ1) is 33.2. The number of amides is 3. The fourth-order valence-corrected chi connectivity index (χ4v) is 5.65. The maximum absolute atomic E-state index is 11.8. The molecule has 1 saturated heterocycles. The largest absolute Gasteiger partial charge is 0.471 e. The molecule has 8 heteroatoms. The number of hydrogen-bond donors (Lipinski definition) is 1. The number of likely N-dealkylation sites (tertiary alicyclic amines) is 1. The number of anilines is 1. The number of hydrogen-bond acceptors (Lipinski definition) is 5. The van der Waals surface area contributed by atoms with E-state index in [-0.39, 0.29) is 12.1 Å². The lowest BCUT2D eigenvalue weighted by molar-refractivity contribution is -0.126. The van der Waals surface area contributed by atoms with E-state index in [1.165, 1.54) is 49.7 Å². The summed E-state index contributed by atoms with van der Waals surface area (Å²) in [6.07, 6.45) is 9.96. The number of aryl methyl sites for hydroxylation is 1. The highest BCUT2D eigenvalue weighted by Crippen LogP contribution is 2.37. The number of ether oxygens (including phenoxy) is 1. The van der Waals surface area contributed by atoms with Crippen LogP contribution in [0, 0.1) is 12.8 Å². The zero-order valence-corrected chi connectivity index (χ0v) is 24.9. The molecule has 212 valence electrons. The molecule has 2 aliphatic rings. The second-order valence-corrected chi connectivity index (χ2v) is 10.5. The lowest BCUT2D eigenvalue weighted by Gasteiger charge is -2.36. The van der Waals surface area contributed by atoms with E-state index in [1.54, 1.807) is 23.3 Å². The molecule has 1 aromatic heterocycles. The Bertz CT molecular complexity index is 921. The molecule has 0 atom stereocenters. The molecule has 2 fully saturated rings. The van der Waals surface area contributed by atoms with Gasteiger partial charge in [-0.3, -0.25) is 9.59 Å². The second-order valence-electron chi connectivity index (χ2n) is 9.28. The lowest BCUT2D eigenvalue weighted by Crippen LogP contribution is -2.48. The molecule has 1 aromatic carbocycles. The third kappa shape index (κ3) is 10.9. The Kier molecular flexibility index (Phi) is 16.8. The van der Waals surface area contributed by atoms with Crippen LogP contribution >= 0.6 is 11.3 Å². The number of carbonyl (C=O) groups excluding carboxylic acids is 3. The molecule has 7 nitrogen and oxygen atoms in total. The highest BCUT2D eigenvalue weighted by atomic mass is 32.1. The van der Waals surface area contributed by atoms with Crippen molar-refractivity contribution < 1.29 is 19.1 Å². The predicted molar refractivity (Wildman–Crippen MR) is 159 cm³/mol. The number of benzene rings is 1. The standard InChI is InChI=1S/C19H23N3O2S.C7H14.C2H4O2.C2H6/c1-14-17(12-18(25-14)15-6-4-3-5-7-15)22(13-23)16-8-10-21(11-9-16)19(24)20-2;1-7-5-3-2-4-6-7;1-4-2-3;1-2/h3-7,12-13,16H,8-11H2,1-2H3,(H,20,24);7H,2-6H2,1H3;2H,1H3;1-2H3. The zero-order chi connectivity index (χ0) is 28.3. The minimum absolute atomic E-state index is 0.0471. The van der Waals surface area contributed by atoms with E-state index in [0.29, 0.717) is 19.6 Å². The molecule has 1 saturated carbocycles. The third-order valence-corrected chi connectivity index (χ3v) is 7.78. The summed E-state index contributed by atoms with van der Waals surface area (Å²) in [6.45, 7) is 10.1. The molecule has 1 N–H and O–H groups in total. The Morgan fingerprint density at radius 3 is 2.08 bits per heavy atom. The highest BCUT2D eigenvalue weighted by Gasteiger charge is 2.28. The SMILES string of the molecule is CC.CC1CCCCC1.CNC(=O)N1CCC(N(C=O)c2cc(-c3ccccc3)sc2C)CC1.COC=O. The van der Waals surface area contributed by atoms with Crippen molar-refractivity contribution in [2.24, 2.45) is 5.92 Å². The molecular weight excluding hydrogens is 498 g/mol. The van der Waals surface area contributed by atoms with Crippen LogP contribution in [-0.2, 0) is 14.3 Å². The van der Waals surface area contributed by atoms with Gasteiger partial charge in [-0.05, 0) is 37.3 Å². The van der Waals surface area contributed by atoms with Crippen molar-refractivity contribution >= 4 is 35.9 Å². The van der Waals surface area contributed by atoms with Crippen LogP contribution in [0.2, 0.25) is 0 Å². The first-order chi connectivity index (χ1) is 18.4. The fraction of sp³-hybridized carbons (Fsp3) is 0.567. The summed E-state index contributed by atoms with van der Waals surface area (Å²) in [4.78, 5) is 38.4. The summed E-state index contributed by atoms with van der Waals surface area (Å²) in [5.41, 5.74) is 2.15. The van der Waals surface area contributed by atoms with Crippen LogP contribution in [0.5, 0.6) is 0 Å². The summed E-state index contributed by atoms with van der Waals surface area (Å²) in [5, 5.41) is 2.66. The molecule has 38 heavy (non-hydrogen) atoms. The van der Waals surface area contributed by atoms with Crippen LogP contribution in [-0.4, -0.2) is 57.1 Å². The highest BCUT2D eigenvalue weighted by molar-refractivity contribution is 7.16. The number of carbonyl (C=O) groups is 3. The average Bonchev–Trinajstić information content (AvgIpc) is 3.37. The zero-order valence-electron chi connectivity index (χ0n) is 24.1. The number of piperidine rings is 1.